The van der Waals surface area contributed by atoms with Gasteiger partial charge in [-0.2, -0.15) is 5.10 Å². The molecule has 0 atom stereocenters. The molecule has 0 saturated carbocycles. The van der Waals surface area contributed by atoms with E-state index in [1.165, 1.54) is 36.2 Å². The monoisotopic (exact) mass is 271 g/mol. The highest BCUT2D eigenvalue weighted by Crippen LogP contribution is 2.26. The Kier molecular flexibility index (Phi) is 3.97. The number of aromatic nitrogens is 3. The van der Waals surface area contributed by atoms with Crippen LogP contribution in [0.15, 0.2) is 24.5 Å². The Bertz CT molecular complexity index is 549. The lowest BCUT2D eigenvalue weighted by molar-refractivity contribution is 0.669. The second-order valence-corrected chi connectivity index (χ2v) is 5.35. The van der Waals surface area contributed by atoms with Crippen molar-refractivity contribution in [2.24, 2.45) is 0 Å². The zero-order valence-corrected chi connectivity index (χ0v) is 11.9. The Morgan fingerprint density at radius 1 is 1.40 bits per heavy atom. The number of rotatable bonds is 5. The molecular weight excluding hydrogens is 250 g/mol. The van der Waals surface area contributed by atoms with Crippen molar-refractivity contribution in [2.75, 3.05) is 25.0 Å². The lowest BCUT2D eigenvalue weighted by atomic mass is 9.99. The van der Waals surface area contributed by atoms with E-state index in [4.69, 9.17) is 0 Å². The fraction of sp³-hybridized carbons (Fsp3) is 0.467. The van der Waals surface area contributed by atoms with E-state index < -0.39 is 0 Å². The lowest BCUT2D eigenvalue weighted by Crippen LogP contribution is -2.25. The molecule has 1 aromatic carbocycles. The van der Waals surface area contributed by atoms with Gasteiger partial charge >= 0.3 is 0 Å². The molecule has 5 heteroatoms. The molecule has 2 aromatic rings. The van der Waals surface area contributed by atoms with Gasteiger partial charge in [0.25, 0.3) is 0 Å². The third-order valence-corrected chi connectivity index (χ3v) is 3.83. The Labute approximate surface area is 119 Å². The summed E-state index contributed by atoms with van der Waals surface area (Å²) in [5.41, 5.74) is 4.23. The summed E-state index contributed by atoms with van der Waals surface area (Å²) in [6, 6.07) is 6.82. The summed E-state index contributed by atoms with van der Waals surface area (Å²) >= 11 is 0. The summed E-state index contributed by atoms with van der Waals surface area (Å²) in [5, 5.41) is 10.2. The maximum Gasteiger partial charge on any atom is 0.137 e. The molecule has 106 valence electrons. The maximum atomic E-state index is 4.11. The van der Waals surface area contributed by atoms with Crippen molar-refractivity contribution in [3.8, 4) is 0 Å². The molecule has 0 saturated heterocycles. The van der Waals surface area contributed by atoms with E-state index in [-0.39, 0.29) is 0 Å². The van der Waals surface area contributed by atoms with Gasteiger partial charge in [-0.15, -0.1) is 0 Å². The van der Waals surface area contributed by atoms with Crippen molar-refractivity contribution in [3.63, 3.8) is 0 Å². The molecule has 20 heavy (non-hydrogen) atoms. The van der Waals surface area contributed by atoms with Crippen LogP contribution in [0.1, 0.15) is 23.4 Å². The molecule has 5 nitrogen and oxygen atoms in total. The van der Waals surface area contributed by atoms with Crippen LogP contribution in [-0.2, 0) is 19.4 Å². The molecule has 2 N–H and O–H groups in total. The number of benzene rings is 1. The quantitative estimate of drug-likeness (QED) is 0.810. The Balaban J connectivity index is 1.53. The minimum Gasteiger partial charge on any atom is -0.374 e. The second kappa shape index (κ2) is 6.05. The maximum absolute atomic E-state index is 4.11. The first-order valence-corrected chi connectivity index (χ1v) is 7.21. The highest BCUT2D eigenvalue weighted by Gasteiger charge is 2.13. The summed E-state index contributed by atoms with van der Waals surface area (Å²) in [5.74, 6) is 0.935. The van der Waals surface area contributed by atoms with Gasteiger partial charge in [-0.3, -0.25) is 5.10 Å². The van der Waals surface area contributed by atoms with Crippen LogP contribution in [-0.4, -0.2) is 35.3 Å². The third-order valence-electron chi connectivity index (χ3n) is 3.83. The smallest absolute Gasteiger partial charge is 0.137 e. The molecule has 2 heterocycles. The molecule has 0 unspecified atom stereocenters. The Hall–Kier alpha value is -1.88. The van der Waals surface area contributed by atoms with Crippen LogP contribution in [0.4, 0.5) is 5.69 Å². The number of fused-ring (bicyclic) bond motifs is 1. The molecule has 0 amide bonds. The Morgan fingerprint density at radius 2 is 2.35 bits per heavy atom. The van der Waals surface area contributed by atoms with Gasteiger partial charge in [0.05, 0.1) is 0 Å². The number of anilines is 1. The van der Waals surface area contributed by atoms with Gasteiger partial charge in [0.2, 0.25) is 0 Å². The summed E-state index contributed by atoms with van der Waals surface area (Å²) < 4.78 is 0. The minimum absolute atomic E-state index is 0.883. The fourth-order valence-electron chi connectivity index (χ4n) is 2.74. The van der Waals surface area contributed by atoms with E-state index in [1.807, 2.05) is 0 Å². The minimum atomic E-state index is 0.883. The summed E-state index contributed by atoms with van der Waals surface area (Å²) in [4.78, 5) is 6.46. The normalized spacial score (nSPS) is 14.3. The van der Waals surface area contributed by atoms with Gasteiger partial charge in [0.15, 0.2) is 0 Å². The van der Waals surface area contributed by atoms with Crippen molar-refractivity contribution in [1.29, 1.82) is 0 Å². The number of hydrogen-bond acceptors (Lipinski definition) is 4. The average molecular weight is 271 g/mol. The summed E-state index contributed by atoms with van der Waals surface area (Å²) in [6.07, 6.45) is 4.89. The molecule has 1 aliphatic rings. The largest absolute Gasteiger partial charge is 0.374 e. The zero-order valence-electron chi connectivity index (χ0n) is 11.9. The van der Waals surface area contributed by atoms with Gasteiger partial charge in [-0.25, -0.2) is 4.98 Å². The van der Waals surface area contributed by atoms with Crippen molar-refractivity contribution >= 4 is 5.69 Å². The van der Waals surface area contributed by atoms with Crippen molar-refractivity contribution in [1.82, 2.24) is 20.5 Å². The summed E-state index contributed by atoms with van der Waals surface area (Å²) in [7, 11) is 2.17. The number of aromatic amines is 1. The highest BCUT2D eigenvalue weighted by molar-refractivity contribution is 5.56. The molecule has 0 aliphatic carbocycles. The molecule has 3 rings (SSSR count). The van der Waals surface area contributed by atoms with E-state index >= 15 is 0 Å². The van der Waals surface area contributed by atoms with Crippen molar-refractivity contribution in [3.05, 3.63) is 41.5 Å². The molecule has 0 bridgehead atoms. The van der Waals surface area contributed by atoms with Crippen molar-refractivity contribution < 1.29 is 0 Å². The van der Waals surface area contributed by atoms with Crippen LogP contribution in [0.3, 0.4) is 0 Å². The number of H-pyrrole nitrogens is 1. The van der Waals surface area contributed by atoms with Gasteiger partial charge in [-0.1, -0.05) is 12.1 Å². The lowest BCUT2D eigenvalue weighted by Gasteiger charge is -2.27. The Morgan fingerprint density at radius 3 is 3.20 bits per heavy atom. The van der Waals surface area contributed by atoms with Crippen LogP contribution in [0.25, 0.3) is 0 Å². The number of nitrogens with zero attached hydrogens (tertiary/aromatic N) is 3. The van der Waals surface area contributed by atoms with Gasteiger partial charge in [0.1, 0.15) is 12.2 Å². The van der Waals surface area contributed by atoms with Crippen molar-refractivity contribution in [2.45, 2.75) is 25.8 Å². The van der Waals surface area contributed by atoms with E-state index in [0.29, 0.717) is 0 Å². The van der Waals surface area contributed by atoms with Crippen LogP contribution < -0.4 is 10.2 Å². The standard InChI is InChI=1S/C15H21N5/c1-20-8-2-3-13-9-12(4-5-14(13)20)10-16-7-6-15-17-11-18-19-15/h4-5,9,11,16H,2-3,6-8,10H2,1H3,(H,17,18,19). The van der Waals surface area contributed by atoms with Crippen LogP contribution >= 0.6 is 0 Å². The summed E-state index contributed by atoms with van der Waals surface area (Å²) in [6.45, 7) is 2.99. The topological polar surface area (TPSA) is 56.8 Å². The first-order valence-electron chi connectivity index (χ1n) is 7.21. The molecule has 1 aliphatic heterocycles. The third kappa shape index (κ3) is 2.99. The number of nitrogens with one attached hydrogen (secondary N) is 2. The molecular formula is C15H21N5. The highest BCUT2D eigenvalue weighted by atomic mass is 15.2. The molecule has 0 fully saturated rings. The number of aryl methyl sites for hydroxylation is 1. The number of hydrogen-bond donors (Lipinski definition) is 2. The van der Waals surface area contributed by atoms with E-state index in [9.17, 15) is 0 Å². The first-order chi connectivity index (χ1) is 9.83. The molecule has 0 radical (unpaired) electrons. The first kappa shape index (κ1) is 13.1. The SMILES string of the molecule is CN1CCCc2cc(CNCCc3ncn[nH]3)ccc21. The zero-order chi connectivity index (χ0) is 13.8. The van der Waals surface area contributed by atoms with Gasteiger partial charge < -0.3 is 10.2 Å². The van der Waals surface area contributed by atoms with E-state index in [0.717, 1.165) is 25.3 Å². The molecule has 1 aromatic heterocycles. The fourth-order valence-corrected chi connectivity index (χ4v) is 2.74. The van der Waals surface area contributed by atoms with Crippen LogP contribution in [0, 0.1) is 0 Å². The van der Waals surface area contributed by atoms with E-state index in [2.05, 4.69) is 50.6 Å². The predicted octanol–water partition coefficient (Wildman–Crippen LogP) is 1.52. The second-order valence-electron chi connectivity index (χ2n) is 5.35. The van der Waals surface area contributed by atoms with Gasteiger partial charge in [0, 0.05) is 38.8 Å². The van der Waals surface area contributed by atoms with Crippen LogP contribution in [0.5, 0.6) is 0 Å². The predicted molar refractivity (Wildman–Crippen MR) is 79.8 cm³/mol. The van der Waals surface area contributed by atoms with Gasteiger partial charge in [-0.05, 0) is 30.0 Å². The molecule has 0 spiro atoms. The van der Waals surface area contributed by atoms with Crippen LogP contribution in [0.2, 0.25) is 0 Å². The van der Waals surface area contributed by atoms with E-state index in [1.54, 1.807) is 6.33 Å². The average Bonchev–Trinajstić information content (AvgIpc) is 2.97.